The van der Waals surface area contributed by atoms with Crippen LogP contribution in [-0.4, -0.2) is 32.1 Å². The van der Waals surface area contributed by atoms with Crippen LogP contribution in [0.15, 0.2) is 72.9 Å². The SMILES string of the molecule is O=C1c2cc(COc3ccccc3)nn2CCN1Cc1cccc2cccnc12. The molecule has 6 nitrogen and oxygen atoms in total. The van der Waals surface area contributed by atoms with Crippen molar-refractivity contribution in [1.29, 1.82) is 0 Å². The zero-order valence-corrected chi connectivity index (χ0v) is 15.9. The summed E-state index contributed by atoms with van der Waals surface area (Å²) in [7, 11) is 0. The Hall–Kier alpha value is -3.67. The number of carbonyl (C=O) groups excluding carboxylic acids is 1. The average Bonchev–Trinajstić information content (AvgIpc) is 3.19. The van der Waals surface area contributed by atoms with Gasteiger partial charge in [-0.1, -0.05) is 42.5 Å². The van der Waals surface area contributed by atoms with Crippen LogP contribution in [0.25, 0.3) is 10.9 Å². The average molecular weight is 384 g/mol. The predicted octanol–water partition coefficient (Wildman–Crippen LogP) is 3.67. The van der Waals surface area contributed by atoms with E-state index in [4.69, 9.17) is 4.74 Å². The number of rotatable bonds is 5. The molecular weight excluding hydrogens is 364 g/mol. The molecule has 0 bridgehead atoms. The van der Waals surface area contributed by atoms with Crippen molar-refractivity contribution in [3.63, 3.8) is 0 Å². The van der Waals surface area contributed by atoms with Gasteiger partial charge in [0.25, 0.3) is 5.91 Å². The van der Waals surface area contributed by atoms with Crippen molar-refractivity contribution in [2.75, 3.05) is 6.54 Å². The Kier molecular flexibility index (Phi) is 4.44. The molecule has 6 heteroatoms. The van der Waals surface area contributed by atoms with Crippen molar-refractivity contribution in [3.05, 3.63) is 89.9 Å². The number of benzene rings is 2. The van der Waals surface area contributed by atoms with E-state index in [1.165, 1.54) is 0 Å². The first kappa shape index (κ1) is 17.4. The molecule has 0 radical (unpaired) electrons. The number of para-hydroxylation sites is 2. The maximum Gasteiger partial charge on any atom is 0.272 e. The van der Waals surface area contributed by atoms with E-state index in [2.05, 4.69) is 10.1 Å². The van der Waals surface area contributed by atoms with Gasteiger partial charge in [-0.05, 0) is 29.8 Å². The lowest BCUT2D eigenvalue weighted by Gasteiger charge is -2.27. The van der Waals surface area contributed by atoms with Gasteiger partial charge in [0.15, 0.2) is 0 Å². The number of fused-ring (bicyclic) bond motifs is 2. The highest BCUT2D eigenvalue weighted by Gasteiger charge is 2.27. The van der Waals surface area contributed by atoms with E-state index in [9.17, 15) is 4.79 Å². The third kappa shape index (κ3) is 3.45. The van der Waals surface area contributed by atoms with E-state index in [-0.39, 0.29) is 5.91 Å². The van der Waals surface area contributed by atoms with Gasteiger partial charge in [0.05, 0.1) is 12.1 Å². The van der Waals surface area contributed by atoms with Crippen LogP contribution < -0.4 is 4.74 Å². The van der Waals surface area contributed by atoms with Crippen molar-refractivity contribution in [2.24, 2.45) is 0 Å². The second kappa shape index (κ2) is 7.39. The summed E-state index contributed by atoms with van der Waals surface area (Å²) in [6.07, 6.45) is 1.79. The molecular formula is C23H20N4O2. The van der Waals surface area contributed by atoms with Crippen molar-refractivity contribution >= 4 is 16.8 Å². The minimum absolute atomic E-state index is 0.0114. The number of carbonyl (C=O) groups is 1. The molecule has 0 unspecified atom stereocenters. The minimum atomic E-state index is -0.0114. The Morgan fingerprint density at radius 3 is 2.72 bits per heavy atom. The molecule has 0 atom stereocenters. The Morgan fingerprint density at radius 2 is 1.83 bits per heavy atom. The van der Waals surface area contributed by atoms with Crippen LogP contribution in [0.3, 0.4) is 0 Å². The molecule has 0 N–H and O–H groups in total. The molecule has 2 aromatic carbocycles. The smallest absolute Gasteiger partial charge is 0.272 e. The largest absolute Gasteiger partial charge is 0.487 e. The standard InChI is InChI=1S/C23H20N4O2/c28-23-21-14-19(16-29-20-9-2-1-3-10-20)25-27(21)13-12-26(23)15-18-7-4-6-17-8-5-11-24-22(17)18/h1-11,14H,12-13,15-16H2. The van der Waals surface area contributed by atoms with E-state index < -0.39 is 0 Å². The van der Waals surface area contributed by atoms with Crippen LogP contribution in [0.5, 0.6) is 5.75 Å². The molecule has 1 aliphatic rings. The van der Waals surface area contributed by atoms with Crippen molar-refractivity contribution in [3.8, 4) is 5.75 Å². The zero-order valence-electron chi connectivity index (χ0n) is 15.9. The Balaban J connectivity index is 1.33. The number of hydrogen-bond acceptors (Lipinski definition) is 4. The maximum absolute atomic E-state index is 13.0. The van der Waals surface area contributed by atoms with Crippen LogP contribution >= 0.6 is 0 Å². The second-order valence-corrected chi connectivity index (χ2v) is 7.06. The van der Waals surface area contributed by atoms with E-state index in [0.29, 0.717) is 31.9 Å². The first-order valence-corrected chi connectivity index (χ1v) is 9.64. The number of nitrogens with zero attached hydrogens (tertiary/aromatic N) is 4. The van der Waals surface area contributed by atoms with E-state index in [1.807, 2.05) is 71.6 Å². The summed E-state index contributed by atoms with van der Waals surface area (Å²) < 4.78 is 7.55. The number of ether oxygens (including phenoxy) is 1. The summed E-state index contributed by atoms with van der Waals surface area (Å²) in [6, 6.07) is 21.5. The first-order chi connectivity index (χ1) is 14.3. The lowest BCUT2D eigenvalue weighted by molar-refractivity contribution is 0.0684. The molecule has 4 aromatic rings. The summed E-state index contributed by atoms with van der Waals surface area (Å²) in [5, 5.41) is 5.62. The molecule has 144 valence electrons. The van der Waals surface area contributed by atoms with Crippen LogP contribution in [-0.2, 0) is 19.7 Å². The Bertz CT molecular complexity index is 1160. The number of aromatic nitrogens is 3. The van der Waals surface area contributed by atoms with E-state index in [0.717, 1.165) is 27.9 Å². The van der Waals surface area contributed by atoms with Gasteiger partial charge in [0, 0.05) is 24.7 Å². The van der Waals surface area contributed by atoms with Crippen molar-refractivity contribution in [1.82, 2.24) is 19.7 Å². The Labute approximate surface area is 168 Å². The molecule has 2 aromatic heterocycles. The van der Waals surface area contributed by atoms with Crippen LogP contribution in [0.4, 0.5) is 0 Å². The predicted molar refractivity (Wildman–Crippen MR) is 109 cm³/mol. The second-order valence-electron chi connectivity index (χ2n) is 7.06. The summed E-state index contributed by atoms with van der Waals surface area (Å²) >= 11 is 0. The van der Waals surface area contributed by atoms with Crippen LogP contribution in [0.1, 0.15) is 21.7 Å². The summed E-state index contributed by atoms with van der Waals surface area (Å²) in [4.78, 5) is 19.4. The first-order valence-electron chi connectivity index (χ1n) is 9.64. The van der Waals surface area contributed by atoms with Gasteiger partial charge in [-0.25, -0.2) is 0 Å². The summed E-state index contributed by atoms with van der Waals surface area (Å²) in [5.41, 5.74) is 3.36. The molecule has 3 heterocycles. The van der Waals surface area contributed by atoms with Gasteiger partial charge in [0.2, 0.25) is 0 Å². The van der Waals surface area contributed by atoms with Gasteiger partial charge in [-0.15, -0.1) is 0 Å². The zero-order chi connectivity index (χ0) is 19.6. The van der Waals surface area contributed by atoms with Crippen LogP contribution in [0, 0.1) is 0 Å². The van der Waals surface area contributed by atoms with E-state index in [1.54, 1.807) is 10.9 Å². The molecule has 1 aliphatic heterocycles. The highest BCUT2D eigenvalue weighted by atomic mass is 16.5. The normalized spacial score (nSPS) is 13.5. The molecule has 29 heavy (non-hydrogen) atoms. The van der Waals surface area contributed by atoms with Crippen molar-refractivity contribution < 1.29 is 9.53 Å². The molecule has 5 rings (SSSR count). The lowest BCUT2D eigenvalue weighted by atomic mass is 10.1. The fraction of sp³-hybridized carbons (Fsp3) is 0.174. The van der Waals surface area contributed by atoms with Gasteiger partial charge in [0.1, 0.15) is 23.7 Å². The summed E-state index contributed by atoms with van der Waals surface area (Å²) in [5.74, 6) is 0.775. The van der Waals surface area contributed by atoms with E-state index >= 15 is 0 Å². The highest BCUT2D eigenvalue weighted by Crippen LogP contribution is 2.21. The topological polar surface area (TPSA) is 60.2 Å². The summed E-state index contributed by atoms with van der Waals surface area (Å²) in [6.45, 7) is 2.17. The maximum atomic E-state index is 13.0. The number of hydrogen-bond donors (Lipinski definition) is 0. The van der Waals surface area contributed by atoms with Gasteiger partial charge in [-0.2, -0.15) is 5.10 Å². The Morgan fingerprint density at radius 1 is 0.966 bits per heavy atom. The quantitative estimate of drug-likeness (QED) is 0.527. The highest BCUT2D eigenvalue weighted by molar-refractivity contribution is 5.93. The molecule has 0 saturated heterocycles. The number of pyridine rings is 1. The van der Waals surface area contributed by atoms with Crippen molar-refractivity contribution in [2.45, 2.75) is 19.7 Å². The third-order valence-corrected chi connectivity index (χ3v) is 5.13. The molecule has 0 aliphatic carbocycles. The lowest BCUT2D eigenvalue weighted by Crippen LogP contribution is -2.39. The van der Waals surface area contributed by atoms with Crippen LogP contribution in [0.2, 0.25) is 0 Å². The molecule has 0 saturated carbocycles. The van der Waals surface area contributed by atoms with Gasteiger partial charge in [-0.3, -0.25) is 14.5 Å². The fourth-order valence-corrected chi connectivity index (χ4v) is 3.69. The third-order valence-electron chi connectivity index (χ3n) is 5.13. The molecule has 1 amide bonds. The minimum Gasteiger partial charge on any atom is -0.487 e. The molecule has 0 fully saturated rings. The molecule has 0 spiro atoms. The number of amides is 1. The van der Waals surface area contributed by atoms with Gasteiger partial charge >= 0.3 is 0 Å². The fourth-order valence-electron chi connectivity index (χ4n) is 3.69. The van der Waals surface area contributed by atoms with Gasteiger partial charge < -0.3 is 9.64 Å². The monoisotopic (exact) mass is 384 g/mol.